The Balaban J connectivity index is 1.39. The SMILES string of the molecule is O=C(N1CCN(CCn2cccn2)CC1)C1(c2ccc(Cl)cc2)CCCC1. The van der Waals surface area contributed by atoms with E-state index in [1.54, 1.807) is 0 Å². The Bertz CT molecular complexity index is 745. The fraction of sp³-hybridized carbons (Fsp3) is 0.524. The first-order valence-corrected chi connectivity index (χ1v) is 10.3. The lowest BCUT2D eigenvalue weighted by molar-refractivity contribution is -0.139. The molecule has 1 aromatic carbocycles. The second-order valence-corrected chi connectivity index (χ2v) is 8.14. The summed E-state index contributed by atoms with van der Waals surface area (Å²) in [6.07, 6.45) is 7.96. The highest BCUT2D eigenvalue weighted by Gasteiger charge is 2.45. The molecule has 2 aliphatic rings. The van der Waals surface area contributed by atoms with Gasteiger partial charge in [-0.3, -0.25) is 14.4 Å². The highest BCUT2D eigenvalue weighted by atomic mass is 35.5. The van der Waals surface area contributed by atoms with Gasteiger partial charge in [0.05, 0.1) is 12.0 Å². The Labute approximate surface area is 165 Å². The van der Waals surface area contributed by atoms with E-state index in [4.69, 9.17) is 11.6 Å². The van der Waals surface area contributed by atoms with Gasteiger partial charge in [0.2, 0.25) is 5.91 Å². The average Bonchev–Trinajstić information content (AvgIpc) is 3.39. The summed E-state index contributed by atoms with van der Waals surface area (Å²) < 4.78 is 1.96. The van der Waals surface area contributed by atoms with Crippen LogP contribution in [0.15, 0.2) is 42.7 Å². The summed E-state index contributed by atoms with van der Waals surface area (Å²) in [5, 5.41) is 4.99. The smallest absolute Gasteiger partial charge is 0.233 e. The number of halogens is 1. The fourth-order valence-corrected chi connectivity index (χ4v) is 4.65. The average molecular weight is 387 g/mol. The van der Waals surface area contributed by atoms with Crippen molar-refractivity contribution in [2.45, 2.75) is 37.6 Å². The summed E-state index contributed by atoms with van der Waals surface area (Å²) in [5.74, 6) is 0.314. The number of nitrogens with zero attached hydrogens (tertiary/aromatic N) is 4. The molecule has 2 heterocycles. The van der Waals surface area contributed by atoms with Gasteiger partial charge < -0.3 is 4.90 Å². The maximum Gasteiger partial charge on any atom is 0.233 e. The number of rotatable bonds is 5. The van der Waals surface area contributed by atoms with E-state index >= 15 is 0 Å². The molecule has 0 N–H and O–H groups in total. The first-order valence-electron chi connectivity index (χ1n) is 9.93. The van der Waals surface area contributed by atoms with E-state index in [1.807, 2.05) is 47.4 Å². The quantitative estimate of drug-likeness (QED) is 0.792. The molecule has 1 saturated heterocycles. The van der Waals surface area contributed by atoms with Crippen molar-refractivity contribution in [2.75, 3.05) is 32.7 Å². The lowest BCUT2D eigenvalue weighted by Crippen LogP contribution is -2.54. The van der Waals surface area contributed by atoms with Crippen LogP contribution in [0.5, 0.6) is 0 Å². The van der Waals surface area contributed by atoms with Crippen LogP contribution in [0.3, 0.4) is 0 Å². The molecule has 1 aliphatic carbocycles. The van der Waals surface area contributed by atoms with Gasteiger partial charge in [-0.1, -0.05) is 36.6 Å². The Morgan fingerprint density at radius 3 is 2.37 bits per heavy atom. The van der Waals surface area contributed by atoms with E-state index in [0.29, 0.717) is 5.91 Å². The van der Waals surface area contributed by atoms with Gasteiger partial charge in [0.15, 0.2) is 0 Å². The van der Waals surface area contributed by atoms with Gasteiger partial charge in [-0.2, -0.15) is 5.10 Å². The molecule has 2 fully saturated rings. The predicted octanol–water partition coefficient (Wildman–Crippen LogP) is 3.19. The summed E-state index contributed by atoms with van der Waals surface area (Å²) in [5.41, 5.74) is 0.789. The minimum absolute atomic E-state index is 0.314. The van der Waals surface area contributed by atoms with Crippen molar-refractivity contribution in [1.29, 1.82) is 0 Å². The molecule has 1 amide bonds. The van der Waals surface area contributed by atoms with Gasteiger partial charge in [-0.25, -0.2) is 0 Å². The zero-order valence-corrected chi connectivity index (χ0v) is 16.4. The molecule has 6 heteroatoms. The maximum atomic E-state index is 13.5. The van der Waals surface area contributed by atoms with Crippen molar-refractivity contribution in [2.24, 2.45) is 0 Å². The summed E-state index contributed by atoms with van der Waals surface area (Å²) in [6, 6.07) is 9.88. The lowest BCUT2D eigenvalue weighted by Gasteiger charge is -2.40. The zero-order valence-electron chi connectivity index (χ0n) is 15.7. The summed E-state index contributed by atoms with van der Waals surface area (Å²) >= 11 is 6.07. The molecule has 0 spiro atoms. The van der Waals surface area contributed by atoms with E-state index in [9.17, 15) is 4.79 Å². The zero-order chi connectivity index (χ0) is 18.7. The Morgan fingerprint density at radius 1 is 1.04 bits per heavy atom. The Kier molecular flexibility index (Phi) is 5.50. The van der Waals surface area contributed by atoms with Crippen molar-refractivity contribution >= 4 is 17.5 Å². The second kappa shape index (κ2) is 8.03. The molecule has 1 saturated carbocycles. The monoisotopic (exact) mass is 386 g/mol. The van der Waals surface area contributed by atoms with Gasteiger partial charge in [0.25, 0.3) is 0 Å². The number of benzene rings is 1. The van der Waals surface area contributed by atoms with Crippen LogP contribution in [-0.4, -0.2) is 58.2 Å². The standard InChI is InChI=1S/C21H27ClN4O/c22-19-6-4-18(5-7-19)21(8-1-2-9-21)20(27)25-15-12-24(13-16-25)14-17-26-11-3-10-23-26/h3-7,10-11H,1-2,8-9,12-17H2. The largest absolute Gasteiger partial charge is 0.339 e. The molecular weight excluding hydrogens is 360 g/mol. The highest BCUT2D eigenvalue weighted by Crippen LogP contribution is 2.43. The first kappa shape index (κ1) is 18.5. The Morgan fingerprint density at radius 2 is 1.74 bits per heavy atom. The van der Waals surface area contributed by atoms with Crippen LogP contribution in [0, 0.1) is 0 Å². The van der Waals surface area contributed by atoms with Crippen LogP contribution < -0.4 is 0 Å². The van der Waals surface area contributed by atoms with Crippen molar-refractivity contribution in [3.05, 3.63) is 53.3 Å². The molecule has 0 unspecified atom stereocenters. The van der Waals surface area contributed by atoms with E-state index in [-0.39, 0.29) is 5.41 Å². The highest BCUT2D eigenvalue weighted by molar-refractivity contribution is 6.30. The fourth-order valence-electron chi connectivity index (χ4n) is 4.53. The molecule has 0 radical (unpaired) electrons. The number of hydrogen-bond donors (Lipinski definition) is 0. The molecule has 5 nitrogen and oxygen atoms in total. The minimum atomic E-state index is -0.345. The lowest BCUT2D eigenvalue weighted by atomic mass is 9.77. The third-order valence-electron chi connectivity index (χ3n) is 6.13. The van der Waals surface area contributed by atoms with Crippen LogP contribution in [0.25, 0.3) is 0 Å². The number of piperazine rings is 1. The number of carbonyl (C=O) groups is 1. The van der Waals surface area contributed by atoms with E-state index in [2.05, 4.69) is 14.9 Å². The van der Waals surface area contributed by atoms with Crippen LogP contribution in [-0.2, 0) is 16.8 Å². The van der Waals surface area contributed by atoms with Gasteiger partial charge >= 0.3 is 0 Å². The number of carbonyl (C=O) groups excluding carboxylic acids is 1. The Hall–Kier alpha value is -1.85. The van der Waals surface area contributed by atoms with Crippen LogP contribution >= 0.6 is 11.6 Å². The molecule has 144 valence electrons. The van der Waals surface area contributed by atoms with Crippen molar-refractivity contribution < 1.29 is 4.79 Å². The molecule has 0 atom stereocenters. The topological polar surface area (TPSA) is 41.4 Å². The predicted molar refractivity (Wildman–Crippen MR) is 107 cm³/mol. The van der Waals surface area contributed by atoms with Crippen molar-refractivity contribution in [1.82, 2.24) is 19.6 Å². The van der Waals surface area contributed by atoms with Crippen molar-refractivity contribution in [3.8, 4) is 0 Å². The van der Waals surface area contributed by atoms with E-state index in [1.165, 1.54) is 0 Å². The van der Waals surface area contributed by atoms with Gasteiger partial charge in [-0.15, -0.1) is 0 Å². The summed E-state index contributed by atoms with van der Waals surface area (Å²) in [6.45, 7) is 5.37. The number of hydrogen-bond acceptors (Lipinski definition) is 3. The number of aromatic nitrogens is 2. The second-order valence-electron chi connectivity index (χ2n) is 7.70. The molecule has 1 aliphatic heterocycles. The third kappa shape index (κ3) is 3.90. The van der Waals surface area contributed by atoms with Gasteiger partial charge in [0.1, 0.15) is 0 Å². The van der Waals surface area contributed by atoms with E-state index in [0.717, 1.165) is 75.5 Å². The van der Waals surface area contributed by atoms with Crippen LogP contribution in [0.1, 0.15) is 31.2 Å². The molecule has 2 aromatic rings. The van der Waals surface area contributed by atoms with E-state index < -0.39 is 0 Å². The van der Waals surface area contributed by atoms with Crippen LogP contribution in [0.4, 0.5) is 0 Å². The molecule has 0 bridgehead atoms. The summed E-state index contributed by atoms with van der Waals surface area (Å²) in [4.78, 5) is 18.0. The molecule has 1 aromatic heterocycles. The first-order chi connectivity index (χ1) is 13.2. The third-order valence-corrected chi connectivity index (χ3v) is 6.38. The van der Waals surface area contributed by atoms with Gasteiger partial charge in [0, 0.05) is 50.1 Å². The summed E-state index contributed by atoms with van der Waals surface area (Å²) in [7, 11) is 0. The molecule has 4 rings (SSSR count). The van der Waals surface area contributed by atoms with Gasteiger partial charge in [-0.05, 0) is 36.6 Å². The number of amides is 1. The normalized spacial score (nSPS) is 20.1. The van der Waals surface area contributed by atoms with Crippen molar-refractivity contribution in [3.63, 3.8) is 0 Å². The minimum Gasteiger partial charge on any atom is -0.339 e. The maximum absolute atomic E-state index is 13.5. The molecule has 27 heavy (non-hydrogen) atoms. The van der Waals surface area contributed by atoms with Crippen LogP contribution in [0.2, 0.25) is 5.02 Å². The molecular formula is C21H27ClN4O.